The lowest BCUT2D eigenvalue weighted by Crippen LogP contribution is -2.22. The van der Waals surface area contributed by atoms with Crippen molar-refractivity contribution in [2.75, 3.05) is 6.54 Å². The zero-order chi connectivity index (χ0) is 7.82. The number of nitrogens with two attached hydrogens (primary N) is 2. The van der Waals surface area contributed by atoms with Crippen LogP contribution >= 0.6 is 0 Å². The Bertz CT molecular complexity index is 139. The summed E-state index contributed by atoms with van der Waals surface area (Å²) in [5.41, 5.74) is 10.2. The third-order valence-electron chi connectivity index (χ3n) is 1.02. The number of terminal acetylenes is 1. The summed E-state index contributed by atoms with van der Waals surface area (Å²) in [6.45, 7) is 0.685. The Morgan fingerprint density at radius 1 is 1.40 bits per heavy atom. The first-order valence-corrected chi connectivity index (χ1v) is 3.26. The molecular formula is C7H13N3. The van der Waals surface area contributed by atoms with E-state index in [-0.39, 0.29) is 5.96 Å². The van der Waals surface area contributed by atoms with E-state index >= 15 is 0 Å². The smallest absolute Gasteiger partial charge is 0.185 e. The quantitative estimate of drug-likeness (QED) is 0.250. The highest BCUT2D eigenvalue weighted by atomic mass is 15.0. The average molecular weight is 139 g/mol. The van der Waals surface area contributed by atoms with Crippen molar-refractivity contribution >= 4 is 5.96 Å². The Kier molecular flexibility index (Phi) is 5.26. The largest absolute Gasteiger partial charge is 0.370 e. The average Bonchev–Trinajstić information content (AvgIpc) is 1.87. The second-order valence-corrected chi connectivity index (χ2v) is 1.97. The van der Waals surface area contributed by atoms with Gasteiger partial charge in [-0.2, -0.15) is 0 Å². The van der Waals surface area contributed by atoms with E-state index in [0.717, 1.165) is 19.3 Å². The van der Waals surface area contributed by atoms with Crippen molar-refractivity contribution in [2.24, 2.45) is 16.5 Å². The highest BCUT2D eigenvalue weighted by Crippen LogP contribution is 1.92. The van der Waals surface area contributed by atoms with Crippen LogP contribution in [-0.4, -0.2) is 12.5 Å². The second kappa shape index (κ2) is 5.96. The van der Waals surface area contributed by atoms with Gasteiger partial charge < -0.3 is 11.5 Å². The van der Waals surface area contributed by atoms with Crippen molar-refractivity contribution in [3.8, 4) is 12.3 Å². The van der Waals surface area contributed by atoms with Gasteiger partial charge in [-0.1, -0.05) is 0 Å². The molecular weight excluding hydrogens is 126 g/mol. The van der Waals surface area contributed by atoms with Crippen LogP contribution in [0.4, 0.5) is 0 Å². The van der Waals surface area contributed by atoms with Crippen LogP contribution in [0.5, 0.6) is 0 Å². The van der Waals surface area contributed by atoms with Crippen LogP contribution in [0.1, 0.15) is 19.3 Å². The van der Waals surface area contributed by atoms with Gasteiger partial charge in [0, 0.05) is 13.0 Å². The van der Waals surface area contributed by atoms with Crippen LogP contribution in [0.3, 0.4) is 0 Å². The number of hydrogen-bond donors (Lipinski definition) is 2. The maximum atomic E-state index is 5.09. The molecule has 0 aliphatic carbocycles. The molecule has 0 bridgehead atoms. The van der Waals surface area contributed by atoms with Gasteiger partial charge in [0.05, 0.1) is 0 Å². The topological polar surface area (TPSA) is 64.4 Å². The Hall–Kier alpha value is -1.17. The fraction of sp³-hybridized carbons (Fsp3) is 0.571. The SMILES string of the molecule is C#CCCCCN=C(N)N. The molecule has 0 radical (unpaired) electrons. The van der Waals surface area contributed by atoms with Crippen LogP contribution in [0.15, 0.2) is 4.99 Å². The summed E-state index contributed by atoms with van der Waals surface area (Å²) < 4.78 is 0. The highest BCUT2D eigenvalue weighted by Gasteiger charge is 1.83. The molecule has 3 heteroatoms. The van der Waals surface area contributed by atoms with Crippen LogP contribution in [0, 0.1) is 12.3 Å². The molecule has 0 amide bonds. The minimum Gasteiger partial charge on any atom is -0.370 e. The van der Waals surface area contributed by atoms with E-state index in [4.69, 9.17) is 17.9 Å². The molecule has 0 aromatic carbocycles. The summed E-state index contributed by atoms with van der Waals surface area (Å²) >= 11 is 0. The number of rotatable bonds is 4. The first-order valence-electron chi connectivity index (χ1n) is 3.26. The minimum atomic E-state index is 0.153. The van der Waals surface area contributed by atoms with Crippen molar-refractivity contribution in [3.63, 3.8) is 0 Å². The third-order valence-corrected chi connectivity index (χ3v) is 1.02. The lowest BCUT2D eigenvalue weighted by molar-refractivity contribution is 0.767. The fourth-order valence-corrected chi connectivity index (χ4v) is 0.547. The summed E-state index contributed by atoms with van der Waals surface area (Å²) in [7, 11) is 0. The molecule has 0 heterocycles. The third kappa shape index (κ3) is 6.83. The number of nitrogens with zero attached hydrogens (tertiary/aromatic N) is 1. The number of aliphatic imine (C=N–C) groups is 1. The zero-order valence-corrected chi connectivity index (χ0v) is 6.01. The predicted molar refractivity (Wildman–Crippen MR) is 43.4 cm³/mol. The number of hydrogen-bond acceptors (Lipinski definition) is 1. The molecule has 3 nitrogen and oxygen atoms in total. The first kappa shape index (κ1) is 8.83. The Balaban J connectivity index is 3.07. The Labute approximate surface area is 61.5 Å². The van der Waals surface area contributed by atoms with E-state index < -0.39 is 0 Å². The minimum absolute atomic E-state index is 0.153. The molecule has 0 spiro atoms. The summed E-state index contributed by atoms with van der Waals surface area (Å²) in [6.07, 6.45) is 7.79. The van der Waals surface area contributed by atoms with Gasteiger partial charge in [0.1, 0.15) is 0 Å². The second-order valence-electron chi connectivity index (χ2n) is 1.97. The van der Waals surface area contributed by atoms with Crippen molar-refractivity contribution < 1.29 is 0 Å². The van der Waals surface area contributed by atoms with E-state index in [0.29, 0.717) is 6.54 Å². The van der Waals surface area contributed by atoms with Gasteiger partial charge in [-0.15, -0.1) is 12.3 Å². The molecule has 0 aliphatic rings. The van der Waals surface area contributed by atoms with Crippen LogP contribution < -0.4 is 11.5 Å². The Morgan fingerprint density at radius 2 is 2.10 bits per heavy atom. The van der Waals surface area contributed by atoms with Gasteiger partial charge in [-0.3, -0.25) is 4.99 Å². The summed E-state index contributed by atoms with van der Waals surface area (Å²) in [5, 5.41) is 0. The molecule has 0 unspecified atom stereocenters. The molecule has 0 aliphatic heterocycles. The van der Waals surface area contributed by atoms with Gasteiger partial charge in [-0.05, 0) is 12.8 Å². The van der Waals surface area contributed by atoms with Crippen LogP contribution in [0.25, 0.3) is 0 Å². The molecule has 10 heavy (non-hydrogen) atoms. The monoisotopic (exact) mass is 139 g/mol. The van der Waals surface area contributed by atoms with E-state index in [1.165, 1.54) is 0 Å². The highest BCUT2D eigenvalue weighted by molar-refractivity contribution is 5.75. The van der Waals surface area contributed by atoms with Crippen molar-refractivity contribution in [1.29, 1.82) is 0 Å². The lowest BCUT2D eigenvalue weighted by Gasteiger charge is -1.92. The molecule has 0 aromatic rings. The molecule has 0 aromatic heterocycles. The summed E-state index contributed by atoms with van der Waals surface area (Å²) in [6, 6.07) is 0. The van der Waals surface area contributed by atoms with Gasteiger partial charge in [0.15, 0.2) is 5.96 Å². The molecule has 0 saturated heterocycles. The van der Waals surface area contributed by atoms with E-state index in [2.05, 4.69) is 10.9 Å². The molecule has 0 rings (SSSR count). The van der Waals surface area contributed by atoms with E-state index in [9.17, 15) is 0 Å². The summed E-state index contributed by atoms with van der Waals surface area (Å²) in [4.78, 5) is 3.80. The maximum Gasteiger partial charge on any atom is 0.185 e. The van der Waals surface area contributed by atoms with E-state index in [1.807, 2.05) is 0 Å². The molecule has 0 saturated carbocycles. The number of guanidine groups is 1. The first-order chi connectivity index (χ1) is 4.77. The molecule has 0 fully saturated rings. The van der Waals surface area contributed by atoms with Crippen molar-refractivity contribution in [2.45, 2.75) is 19.3 Å². The number of unbranched alkanes of at least 4 members (excludes halogenated alkanes) is 2. The zero-order valence-electron chi connectivity index (χ0n) is 6.01. The van der Waals surface area contributed by atoms with Crippen molar-refractivity contribution in [3.05, 3.63) is 0 Å². The van der Waals surface area contributed by atoms with Gasteiger partial charge in [0.2, 0.25) is 0 Å². The fourth-order valence-electron chi connectivity index (χ4n) is 0.547. The molecule has 0 atom stereocenters. The Morgan fingerprint density at radius 3 is 2.60 bits per heavy atom. The maximum absolute atomic E-state index is 5.09. The van der Waals surface area contributed by atoms with Crippen molar-refractivity contribution in [1.82, 2.24) is 0 Å². The van der Waals surface area contributed by atoms with Gasteiger partial charge >= 0.3 is 0 Å². The summed E-state index contributed by atoms with van der Waals surface area (Å²) in [5.74, 6) is 2.70. The van der Waals surface area contributed by atoms with Gasteiger partial charge in [0.25, 0.3) is 0 Å². The molecule has 4 N–H and O–H groups in total. The van der Waals surface area contributed by atoms with Crippen LogP contribution in [0.2, 0.25) is 0 Å². The lowest BCUT2D eigenvalue weighted by atomic mass is 10.2. The predicted octanol–water partition coefficient (Wildman–Crippen LogP) is 0.0633. The standard InChI is InChI=1S/C7H13N3/c1-2-3-4-5-6-10-7(8)9/h1H,3-6H2,(H4,8,9,10). The molecule has 56 valence electrons. The van der Waals surface area contributed by atoms with Crippen LogP contribution in [-0.2, 0) is 0 Å². The normalized spacial score (nSPS) is 8.30. The van der Waals surface area contributed by atoms with E-state index in [1.54, 1.807) is 0 Å². The van der Waals surface area contributed by atoms with Gasteiger partial charge in [-0.25, -0.2) is 0 Å².